The predicted octanol–water partition coefficient (Wildman–Crippen LogP) is 1.78. The molecule has 0 aromatic heterocycles. The minimum atomic E-state index is -0.474. The van der Waals surface area contributed by atoms with Gasteiger partial charge in [-0.05, 0) is 33.6 Å². The lowest BCUT2D eigenvalue weighted by molar-refractivity contribution is -0.168. The fraction of sp³-hybridized carbons (Fsp3) is 0.846. The summed E-state index contributed by atoms with van der Waals surface area (Å²) in [5.41, 5.74) is -0.932. The molecular weight excluding hydrogens is 218 g/mol. The van der Waals surface area contributed by atoms with Crippen LogP contribution < -0.4 is 5.32 Å². The van der Waals surface area contributed by atoms with E-state index in [0.717, 1.165) is 25.7 Å². The molecule has 4 nitrogen and oxygen atoms in total. The normalized spacial score (nSPS) is 32.2. The second-order valence-corrected chi connectivity index (χ2v) is 6.19. The smallest absolute Gasteiger partial charge is 0.307 e. The molecule has 4 heteroatoms. The highest BCUT2D eigenvalue weighted by Crippen LogP contribution is 2.46. The Morgan fingerprint density at radius 3 is 2.71 bits per heavy atom. The SMILES string of the molecule is CC(C)(C)OC(=O)C[C@]12CCCC[C@H]1NC2=O. The lowest BCUT2D eigenvalue weighted by Crippen LogP contribution is -2.68. The highest BCUT2D eigenvalue weighted by Gasteiger charge is 2.56. The molecule has 2 rings (SSSR count). The zero-order chi connectivity index (χ0) is 12.7. The van der Waals surface area contributed by atoms with E-state index in [1.807, 2.05) is 20.8 Å². The first kappa shape index (κ1) is 12.4. The topological polar surface area (TPSA) is 55.4 Å². The van der Waals surface area contributed by atoms with Crippen molar-refractivity contribution in [2.24, 2.45) is 5.41 Å². The Bertz CT molecular complexity index is 345. The van der Waals surface area contributed by atoms with E-state index in [-0.39, 0.29) is 24.3 Å². The van der Waals surface area contributed by atoms with Gasteiger partial charge in [0, 0.05) is 6.04 Å². The van der Waals surface area contributed by atoms with Gasteiger partial charge in [-0.3, -0.25) is 9.59 Å². The Kier molecular flexibility index (Phi) is 2.92. The van der Waals surface area contributed by atoms with Crippen LogP contribution >= 0.6 is 0 Å². The summed E-state index contributed by atoms with van der Waals surface area (Å²) in [6.07, 6.45) is 4.23. The van der Waals surface area contributed by atoms with Crippen molar-refractivity contribution in [3.05, 3.63) is 0 Å². The van der Waals surface area contributed by atoms with Crippen molar-refractivity contribution in [2.45, 2.75) is 64.5 Å². The molecule has 0 radical (unpaired) electrons. The molecule has 0 aromatic carbocycles. The molecule has 1 aliphatic carbocycles. The minimum absolute atomic E-state index is 0.0352. The number of amides is 1. The first-order chi connectivity index (χ1) is 7.83. The second kappa shape index (κ2) is 4.00. The Labute approximate surface area is 102 Å². The minimum Gasteiger partial charge on any atom is -0.460 e. The first-order valence-electron chi connectivity index (χ1n) is 6.36. The second-order valence-electron chi connectivity index (χ2n) is 6.19. The van der Waals surface area contributed by atoms with Gasteiger partial charge in [0.2, 0.25) is 5.91 Å². The fourth-order valence-corrected chi connectivity index (χ4v) is 2.87. The molecule has 1 aliphatic heterocycles. The van der Waals surface area contributed by atoms with Crippen molar-refractivity contribution in [3.8, 4) is 0 Å². The summed E-state index contributed by atoms with van der Waals surface area (Å²) in [6.45, 7) is 5.55. The van der Waals surface area contributed by atoms with Crippen LogP contribution in [-0.2, 0) is 14.3 Å². The summed E-state index contributed by atoms with van der Waals surface area (Å²) >= 11 is 0. The van der Waals surface area contributed by atoms with Crippen LogP contribution in [0, 0.1) is 5.41 Å². The van der Waals surface area contributed by atoms with Gasteiger partial charge in [0.25, 0.3) is 0 Å². The number of esters is 1. The molecule has 96 valence electrons. The van der Waals surface area contributed by atoms with E-state index >= 15 is 0 Å². The largest absolute Gasteiger partial charge is 0.460 e. The molecule has 0 spiro atoms. The number of fused-ring (bicyclic) bond motifs is 1. The van der Waals surface area contributed by atoms with Gasteiger partial charge in [-0.25, -0.2) is 0 Å². The van der Waals surface area contributed by atoms with Crippen LogP contribution in [-0.4, -0.2) is 23.5 Å². The Morgan fingerprint density at radius 1 is 1.47 bits per heavy atom. The number of hydrogen-bond acceptors (Lipinski definition) is 3. The molecule has 2 fully saturated rings. The number of hydrogen-bond donors (Lipinski definition) is 1. The Hall–Kier alpha value is -1.06. The molecule has 1 heterocycles. The number of ether oxygens (including phenoxy) is 1. The predicted molar refractivity (Wildman–Crippen MR) is 63.3 cm³/mol. The summed E-state index contributed by atoms with van der Waals surface area (Å²) in [5.74, 6) is -0.215. The van der Waals surface area contributed by atoms with Crippen LogP contribution in [0.3, 0.4) is 0 Å². The van der Waals surface area contributed by atoms with Gasteiger partial charge in [0.05, 0.1) is 11.8 Å². The van der Waals surface area contributed by atoms with E-state index in [1.165, 1.54) is 0 Å². The van der Waals surface area contributed by atoms with Gasteiger partial charge in [0.15, 0.2) is 0 Å². The molecular formula is C13H21NO3. The van der Waals surface area contributed by atoms with E-state index in [0.29, 0.717) is 0 Å². The molecule has 1 saturated carbocycles. The molecule has 1 amide bonds. The van der Waals surface area contributed by atoms with E-state index in [9.17, 15) is 9.59 Å². The van der Waals surface area contributed by atoms with E-state index in [2.05, 4.69) is 5.32 Å². The van der Waals surface area contributed by atoms with Gasteiger partial charge < -0.3 is 10.1 Å². The summed E-state index contributed by atoms with van der Waals surface area (Å²) in [7, 11) is 0. The van der Waals surface area contributed by atoms with Crippen molar-refractivity contribution < 1.29 is 14.3 Å². The highest BCUT2D eigenvalue weighted by molar-refractivity contribution is 5.93. The number of nitrogens with one attached hydrogen (secondary N) is 1. The van der Waals surface area contributed by atoms with Gasteiger partial charge in [0.1, 0.15) is 5.60 Å². The maximum absolute atomic E-state index is 11.9. The molecule has 0 aromatic rings. The third kappa shape index (κ3) is 2.31. The molecule has 17 heavy (non-hydrogen) atoms. The van der Waals surface area contributed by atoms with Gasteiger partial charge in [-0.2, -0.15) is 0 Å². The summed E-state index contributed by atoms with van der Waals surface area (Å²) < 4.78 is 5.32. The Morgan fingerprint density at radius 2 is 2.18 bits per heavy atom. The van der Waals surface area contributed by atoms with Crippen molar-refractivity contribution in [1.82, 2.24) is 5.32 Å². The standard InChI is InChI=1S/C13H21NO3/c1-12(2,3)17-10(15)8-13-7-5-4-6-9(13)14-11(13)16/h9H,4-8H2,1-3H3,(H,14,16)/t9-,13-/m1/s1. The number of carbonyl (C=O) groups is 2. The number of β-lactam (4-membered cyclic amide) rings is 1. The zero-order valence-electron chi connectivity index (χ0n) is 10.8. The van der Waals surface area contributed by atoms with Crippen LogP contribution in [0.2, 0.25) is 0 Å². The van der Waals surface area contributed by atoms with Crippen molar-refractivity contribution in [2.75, 3.05) is 0 Å². The third-order valence-electron chi connectivity index (χ3n) is 3.67. The summed E-state index contributed by atoms with van der Waals surface area (Å²) in [6, 6.07) is 0.191. The Balaban J connectivity index is 2.01. The number of carbonyl (C=O) groups excluding carboxylic acids is 2. The van der Waals surface area contributed by atoms with Gasteiger partial charge in [-0.15, -0.1) is 0 Å². The highest BCUT2D eigenvalue weighted by atomic mass is 16.6. The molecule has 1 N–H and O–H groups in total. The van der Waals surface area contributed by atoms with Gasteiger partial charge >= 0.3 is 5.97 Å². The maximum Gasteiger partial charge on any atom is 0.307 e. The number of rotatable bonds is 2. The van der Waals surface area contributed by atoms with Crippen LogP contribution in [0.25, 0.3) is 0 Å². The van der Waals surface area contributed by atoms with E-state index in [4.69, 9.17) is 4.74 Å². The van der Waals surface area contributed by atoms with E-state index < -0.39 is 11.0 Å². The van der Waals surface area contributed by atoms with E-state index in [1.54, 1.807) is 0 Å². The zero-order valence-corrected chi connectivity index (χ0v) is 10.8. The lowest BCUT2D eigenvalue weighted by atomic mass is 9.62. The molecule has 1 saturated heterocycles. The monoisotopic (exact) mass is 239 g/mol. The van der Waals surface area contributed by atoms with Gasteiger partial charge in [-0.1, -0.05) is 12.8 Å². The quantitative estimate of drug-likeness (QED) is 0.590. The maximum atomic E-state index is 11.9. The van der Waals surface area contributed by atoms with Crippen LogP contribution in [0.5, 0.6) is 0 Å². The third-order valence-corrected chi connectivity index (χ3v) is 3.67. The molecule has 2 aliphatic rings. The molecule has 0 unspecified atom stereocenters. The molecule has 0 bridgehead atoms. The first-order valence-corrected chi connectivity index (χ1v) is 6.36. The summed E-state index contributed by atoms with van der Waals surface area (Å²) in [4.78, 5) is 23.6. The van der Waals surface area contributed by atoms with Crippen LogP contribution in [0.4, 0.5) is 0 Å². The lowest BCUT2D eigenvalue weighted by Gasteiger charge is -2.51. The van der Waals surface area contributed by atoms with Crippen molar-refractivity contribution in [1.29, 1.82) is 0 Å². The summed E-state index contributed by atoms with van der Waals surface area (Å²) in [5, 5.41) is 2.91. The van der Waals surface area contributed by atoms with Crippen LogP contribution in [0.1, 0.15) is 52.9 Å². The van der Waals surface area contributed by atoms with Crippen molar-refractivity contribution in [3.63, 3.8) is 0 Å². The fourth-order valence-electron chi connectivity index (χ4n) is 2.87. The average Bonchev–Trinajstić information content (AvgIpc) is 2.17. The molecule has 2 atom stereocenters. The van der Waals surface area contributed by atoms with Crippen LogP contribution in [0.15, 0.2) is 0 Å². The average molecular weight is 239 g/mol. The van der Waals surface area contributed by atoms with Crippen molar-refractivity contribution >= 4 is 11.9 Å².